The second-order valence-electron chi connectivity index (χ2n) is 18.0. The molecule has 14 nitrogen and oxygen atoms in total. The van der Waals surface area contributed by atoms with Crippen LogP contribution in [0.1, 0.15) is 206 Å². The van der Waals surface area contributed by atoms with E-state index in [9.17, 15) is 28.6 Å². The molecule has 15 heteroatoms. The van der Waals surface area contributed by atoms with Crippen LogP contribution in [0.3, 0.4) is 0 Å². The summed E-state index contributed by atoms with van der Waals surface area (Å²) in [6.07, 6.45) is 27.9. The Balaban J connectivity index is 1.83. The van der Waals surface area contributed by atoms with E-state index in [1.54, 1.807) is 0 Å². The van der Waals surface area contributed by atoms with E-state index < -0.39 is 63.7 Å². The first kappa shape index (κ1) is 57.0. The first-order chi connectivity index (χ1) is 30.6. The van der Waals surface area contributed by atoms with Gasteiger partial charge in [-0.25, -0.2) is 0 Å². The number of esters is 4. The van der Waals surface area contributed by atoms with Gasteiger partial charge in [-0.1, -0.05) is 142 Å². The maximum Gasteiger partial charge on any atom is 0.307 e. The number of hydrogen-bond donors (Lipinski definition) is 2. The number of rotatable bonds is 46. The van der Waals surface area contributed by atoms with Crippen molar-refractivity contribution in [1.29, 1.82) is 0 Å². The van der Waals surface area contributed by atoms with Crippen LogP contribution in [0.2, 0.25) is 0 Å². The van der Waals surface area contributed by atoms with E-state index in [-0.39, 0.29) is 32.3 Å². The minimum absolute atomic E-state index is 0.0397. The van der Waals surface area contributed by atoms with Crippen molar-refractivity contribution in [3.05, 3.63) is 0 Å². The molecule has 0 spiro atoms. The van der Waals surface area contributed by atoms with Crippen molar-refractivity contribution in [2.24, 2.45) is 11.8 Å². The average molecular weight is 916 g/mol. The number of carbonyl (C=O) groups excluding carboxylic acids is 4. The molecule has 2 aliphatic carbocycles. The number of hydrogen-bond acceptors (Lipinski definition) is 14. The number of phosphoric ester groups is 1. The van der Waals surface area contributed by atoms with Crippen LogP contribution < -0.4 is 15.5 Å². The van der Waals surface area contributed by atoms with E-state index >= 15 is 0 Å². The third-order valence-electron chi connectivity index (χ3n) is 11.5. The molecule has 63 heavy (non-hydrogen) atoms. The van der Waals surface area contributed by atoms with Gasteiger partial charge in [0.2, 0.25) is 0 Å². The zero-order valence-corrected chi connectivity index (χ0v) is 40.4. The molecular weight excluding hydrogens is 828 g/mol. The molecule has 0 heterocycles. The third-order valence-corrected chi connectivity index (χ3v) is 12.5. The van der Waals surface area contributed by atoms with Crippen molar-refractivity contribution in [3.8, 4) is 0 Å². The van der Waals surface area contributed by atoms with Gasteiger partial charge in [-0.3, -0.25) is 23.7 Å². The smallest absolute Gasteiger partial charge is 0.307 e. The molecule has 0 bridgehead atoms. The highest BCUT2D eigenvalue weighted by atomic mass is 31.2. The third kappa shape index (κ3) is 36.8. The van der Waals surface area contributed by atoms with E-state index in [2.05, 4.69) is 24.5 Å². The molecule has 2 saturated carbocycles. The van der Waals surface area contributed by atoms with Gasteiger partial charge in [0, 0.05) is 25.9 Å². The summed E-state index contributed by atoms with van der Waals surface area (Å²) in [5, 5.41) is 6.42. The van der Waals surface area contributed by atoms with Gasteiger partial charge in [0.25, 0.3) is 7.82 Å². The quantitative estimate of drug-likeness (QED) is 0.0254. The van der Waals surface area contributed by atoms with E-state index in [4.69, 9.17) is 28.0 Å². The number of ether oxygens (including phenoxy) is 4. The van der Waals surface area contributed by atoms with Crippen molar-refractivity contribution < 1.29 is 56.6 Å². The van der Waals surface area contributed by atoms with Crippen LogP contribution in [0, 0.1) is 11.8 Å². The van der Waals surface area contributed by atoms with Crippen molar-refractivity contribution in [2.75, 3.05) is 52.6 Å². The van der Waals surface area contributed by atoms with E-state index in [1.807, 2.05) is 0 Å². The second kappa shape index (κ2) is 38.1. The Morgan fingerprint density at radius 1 is 0.476 bits per heavy atom. The Hall–Kier alpha value is -2.09. The average Bonchev–Trinajstić information content (AvgIpc) is 4.21. The highest BCUT2D eigenvalue weighted by Gasteiger charge is 2.25. The van der Waals surface area contributed by atoms with Crippen LogP contribution in [0.15, 0.2) is 0 Å². The SMILES string of the molecule is CCCCCCCCCCCCCC(=O)OC[C@H](COP(=O)([O-])OCC(COC(=O)CCNCC1CC1)OC(=O)CCNCC1CC1)OC(=O)CCCCCCCCCCCCC. The summed E-state index contributed by atoms with van der Waals surface area (Å²) in [5.74, 6) is -0.828. The predicted molar refractivity (Wildman–Crippen MR) is 244 cm³/mol. The molecule has 368 valence electrons. The lowest BCUT2D eigenvalue weighted by atomic mass is 10.1. The number of carbonyl (C=O) groups is 4. The summed E-state index contributed by atoms with van der Waals surface area (Å²) in [5.41, 5.74) is 0. The summed E-state index contributed by atoms with van der Waals surface area (Å²) < 4.78 is 45.0. The van der Waals surface area contributed by atoms with Gasteiger partial charge in [0.15, 0.2) is 12.2 Å². The van der Waals surface area contributed by atoms with E-state index in [1.165, 1.54) is 116 Å². The van der Waals surface area contributed by atoms with Crippen LogP contribution >= 0.6 is 7.82 Å². The lowest BCUT2D eigenvalue weighted by molar-refractivity contribution is -0.231. The van der Waals surface area contributed by atoms with E-state index in [0.29, 0.717) is 37.8 Å². The zero-order chi connectivity index (χ0) is 45.6. The largest absolute Gasteiger partial charge is 0.756 e. The highest BCUT2D eigenvalue weighted by Crippen LogP contribution is 2.39. The van der Waals surface area contributed by atoms with Gasteiger partial charge >= 0.3 is 23.9 Å². The first-order valence-electron chi connectivity index (χ1n) is 25.3. The summed E-state index contributed by atoms with van der Waals surface area (Å²) in [4.78, 5) is 63.5. The van der Waals surface area contributed by atoms with Gasteiger partial charge in [-0.2, -0.15) is 0 Å². The maximum atomic E-state index is 13.0. The number of nitrogens with one attached hydrogen (secondary N) is 2. The Labute approximate surface area is 381 Å². The molecule has 2 aliphatic rings. The van der Waals surface area contributed by atoms with Crippen molar-refractivity contribution in [3.63, 3.8) is 0 Å². The van der Waals surface area contributed by atoms with Crippen LogP contribution in [0.5, 0.6) is 0 Å². The van der Waals surface area contributed by atoms with Crippen LogP contribution in [0.25, 0.3) is 0 Å². The summed E-state index contributed by atoms with van der Waals surface area (Å²) in [6.45, 7) is 4.85. The minimum atomic E-state index is -5.06. The Morgan fingerprint density at radius 3 is 1.17 bits per heavy atom. The van der Waals surface area contributed by atoms with Crippen molar-refractivity contribution in [1.82, 2.24) is 10.6 Å². The van der Waals surface area contributed by atoms with Gasteiger partial charge < -0.3 is 43.5 Å². The summed E-state index contributed by atoms with van der Waals surface area (Å²) in [6, 6.07) is 0. The number of phosphoric acid groups is 1. The fourth-order valence-electron chi connectivity index (χ4n) is 7.13. The van der Waals surface area contributed by atoms with Gasteiger partial charge in [-0.05, 0) is 63.5 Å². The molecule has 2 N–H and O–H groups in total. The molecule has 2 fully saturated rings. The van der Waals surface area contributed by atoms with Crippen LogP contribution in [-0.4, -0.2) is 88.7 Å². The lowest BCUT2D eigenvalue weighted by Crippen LogP contribution is -2.33. The monoisotopic (exact) mass is 916 g/mol. The molecule has 0 aromatic rings. The Kier molecular flexibility index (Phi) is 34.5. The van der Waals surface area contributed by atoms with Gasteiger partial charge in [-0.15, -0.1) is 0 Å². The Bertz CT molecular complexity index is 1230. The second-order valence-corrected chi connectivity index (χ2v) is 19.4. The standard InChI is InChI=1S/C48H89N2O12P/c1-3-5-7-9-11-13-15-17-19-21-23-25-45(51)57-37-43(61-47(53)26-24-22-20-18-16-14-12-10-8-6-4-2)39-59-63(55,56)60-40-44(62-48(54)32-34-50-36-42-29-30-42)38-58-46(52)31-33-49-35-41-27-28-41/h41-44,49-50H,3-40H2,1-2H3,(H,55,56)/p-1/t43-,44?/m1/s1. The topological polar surface area (TPSA) is 188 Å². The summed E-state index contributed by atoms with van der Waals surface area (Å²) >= 11 is 0. The normalized spacial score (nSPS) is 15.7. The maximum absolute atomic E-state index is 13.0. The zero-order valence-electron chi connectivity index (χ0n) is 39.5. The molecule has 0 amide bonds. The number of unbranched alkanes of at least 4 members (excludes halogenated alkanes) is 20. The van der Waals surface area contributed by atoms with Gasteiger partial charge in [0.1, 0.15) is 13.2 Å². The Morgan fingerprint density at radius 2 is 0.794 bits per heavy atom. The minimum Gasteiger partial charge on any atom is -0.756 e. The molecule has 2 unspecified atom stereocenters. The summed E-state index contributed by atoms with van der Waals surface area (Å²) in [7, 11) is -5.06. The molecular formula is C48H88N2O12P-. The van der Waals surface area contributed by atoms with Gasteiger partial charge in [0.05, 0.1) is 26.1 Å². The lowest BCUT2D eigenvalue weighted by Gasteiger charge is -2.27. The molecule has 0 radical (unpaired) electrons. The van der Waals surface area contributed by atoms with Crippen LogP contribution in [0.4, 0.5) is 0 Å². The van der Waals surface area contributed by atoms with Crippen LogP contribution in [-0.2, 0) is 51.7 Å². The molecule has 2 rings (SSSR count). The molecule has 0 aromatic heterocycles. The molecule has 0 aromatic carbocycles. The van der Waals surface area contributed by atoms with Crippen molar-refractivity contribution in [2.45, 2.75) is 219 Å². The van der Waals surface area contributed by atoms with E-state index in [0.717, 1.165) is 51.6 Å². The molecule has 3 atom stereocenters. The predicted octanol–water partition coefficient (Wildman–Crippen LogP) is 9.58. The fourth-order valence-corrected chi connectivity index (χ4v) is 7.90. The van der Waals surface area contributed by atoms with Crippen molar-refractivity contribution >= 4 is 31.7 Å². The molecule has 0 saturated heterocycles. The molecule has 0 aliphatic heterocycles. The highest BCUT2D eigenvalue weighted by molar-refractivity contribution is 7.45. The first-order valence-corrected chi connectivity index (χ1v) is 26.8. The fraction of sp³-hybridized carbons (Fsp3) is 0.917.